The van der Waals surface area contributed by atoms with Crippen LogP contribution in [0.25, 0.3) is 22.3 Å². The van der Waals surface area contributed by atoms with Crippen LogP contribution in [0.3, 0.4) is 0 Å². The molecule has 0 radical (unpaired) electrons. The fourth-order valence-electron chi connectivity index (χ4n) is 3.52. The fourth-order valence-corrected chi connectivity index (χ4v) is 3.85. The highest BCUT2D eigenvalue weighted by atomic mass is 31.2. The Morgan fingerprint density at radius 2 is 1.10 bits per heavy atom. The van der Waals surface area contributed by atoms with E-state index in [1.807, 2.05) is 12.1 Å². The Hall–Kier alpha value is -2.19. The lowest BCUT2D eigenvalue weighted by Crippen LogP contribution is -2.10. The highest BCUT2D eigenvalue weighted by molar-refractivity contribution is 7.39. The average Bonchev–Trinajstić information content (AvgIpc) is 2.66. The van der Waals surface area contributed by atoms with Crippen molar-refractivity contribution in [2.75, 3.05) is 0 Å². The van der Waals surface area contributed by atoms with E-state index in [1.165, 1.54) is 11.1 Å². The molecule has 0 bridgehead atoms. The summed E-state index contributed by atoms with van der Waals surface area (Å²) in [5.74, 6) is 0.465. The van der Waals surface area contributed by atoms with Gasteiger partial charge in [-0.2, -0.15) is 0 Å². The summed E-state index contributed by atoms with van der Waals surface area (Å²) in [5.41, 5.74) is 6.54. The summed E-state index contributed by atoms with van der Waals surface area (Å²) in [5, 5.41) is 0. The Kier molecular flexibility index (Phi) is 6.38. The van der Waals surface area contributed by atoms with Gasteiger partial charge in [0.15, 0.2) is 0 Å². The van der Waals surface area contributed by atoms with Crippen LogP contribution in [0.1, 0.15) is 52.7 Å². The first-order valence-corrected chi connectivity index (χ1v) is 11.3. The monoisotopic (exact) mass is 422 g/mol. The lowest BCUT2D eigenvalue weighted by atomic mass is 9.84. The molecule has 4 heteroatoms. The van der Waals surface area contributed by atoms with Crippen molar-refractivity contribution in [1.82, 2.24) is 0 Å². The zero-order valence-corrected chi connectivity index (χ0v) is 19.5. The minimum absolute atomic E-state index is 0.0602. The van der Waals surface area contributed by atoms with Crippen molar-refractivity contribution in [2.45, 2.75) is 52.4 Å². The van der Waals surface area contributed by atoms with Crippen molar-refractivity contribution in [3.8, 4) is 28.0 Å². The second-order valence-electron chi connectivity index (χ2n) is 9.68. The van der Waals surface area contributed by atoms with Crippen LogP contribution in [-0.4, -0.2) is 9.79 Å². The molecule has 0 fully saturated rings. The van der Waals surface area contributed by atoms with Crippen LogP contribution >= 0.6 is 8.60 Å². The van der Waals surface area contributed by atoms with Gasteiger partial charge in [-0.3, -0.25) is 0 Å². The van der Waals surface area contributed by atoms with E-state index >= 15 is 0 Å². The molecule has 3 rings (SSSR count). The second kappa shape index (κ2) is 8.51. The van der Waals surface area contributed by atoms with Crippen molar-refractivity contribution >= 4 is 8.60 Å². The smallest absolute Gasteiger partial charge is 0.391 e. The normalized spacial score (nSPS) is 12.3. The predicted molar refractivity (Wildman–Crippen MR) is 127 cm³/mol. The summed E-state index contributed by atoms with van der Waals surface area (Å²) in [6.45, 7) is 13.2. The van der Waals surface area contributed by atoms with Gasteiger partial charge in [0, 0.05) is 5.56 Å². The summed E-state index contributed by atoms with van der Waals surface area (Å²) in [4.78, 5) is 19.0. The lowest BCUT2D eigenvalue weighted by Gasteiger charge is -2.21. The molecular formula is C26H31O3P. The first-order chi connectivity index (χ1) is 14.0. The van der Waals surface area contributed by atoms with E-state index in [1.54, 1.807) is 6.07 Å². The van der Waals surface area contributed by atoms with Gasteiger partial charge in [0.1, 0.15) is 5.75 Å². The molecule has 3 nitrogen and oxygen atoms in total. The Balaban J connectivity index is 2.15. The summed E-state index contributed by atoms with van der Waals surface area (Å²) in [7, 11) is -2.51. The highest BCUT2D eigenvalue weighted by Crippen LogP contribution is 2.43. The van der Waals surface area contributed by atoms with E-state index in [0.717, 1.165) is 22.3 Å². The van der Waals surface area contributed by atoms with E-state index in [0.29, 0.717) is 5.75 Å². The predicted octanol–water partition coefficient (Wildman–Crippen LogP) is 7.21. The van der Waals surface area contributed by atoms with Crippen molar-refractivity contribution < 1.29 is 14.3 Å². The zero-order valence-electron chi connectivity index (χ0n) is 18.6. The van der Waals surface area contributed by atoms with Gasteiger partial charge in [-0.25, -0.2) is 0 Å². The Labute approximate surface area is 181 Å². The summed E-state index contributed by atoms with van der Waals surface area (Å²) >= 11 is 0. The quantitative estimate of drug-likeness (QED) is 0.437. The maximum Gasteiger partial charge on any atom is 0.391 e. The first-order valence-electron chi connectivity index (χ1n) is 10.2. The molecule has 0 aliphatic rings. The van der Waals surface area contributed by atoms with Crippen LogP contribution in [0, 0.1) is 0 Å². The summed E-state index contributed by atoms with van der Waals surface area (Å²) in [6, 6.07) is 22.7. The molecule has 3 aromatic carbocycles. The number of benzene rings is 3. The van der Waals surface area contributed by atoms with E-state index in [9.17, 15) is 9.79 Å². The van der Waals surface area contributed by atoms with Gasteiger partial charge in [-0.1, -0.05) is 102 Å². The molecule has 0 saturated heterocycles. The van der Waals surface area contributed by atoms with Crippen molar-refractivity contribution in [3.05, 3.63) is 77.9 Å². The van der Waals surface area contributed by atoms with Crippen molar-refractivity contribution in [2.24, 2.45) is 0 Å². The molecule has 3 aromatic rings. The third kappa shape index (κ3) is 5.10. The molecule has 0 aliphatic heterocycles. The molecule has 0 unspecified atom stereocenters. The third-order valence-electron chi connectivity index (χ3n) is 5.31. The van der Waals surface area contributed by atoms with Crippen LogP contribution in [0.2, 0.25) is 0 Å². The van der Waals surface area contributed by atoms with Crippen LogP contribution in [0.5, 0.6) is 5.75 Å². The molecule has 158 valence electrons. The topological polar surface area (TPSA) is 49.7 Å². The van der Waals surface area contributed by atoms with Crippen molar-refractivity contribution in [3.63, 3.8) is 0 Å². The number of hydrogen-bond donors (Lipinski definition) is 2. The third-order valence-corrected chi connectivity index (χ3v) is 5.67. The van der Waals surface area contributed by atoms with Crippen LogP contribution < -0.4 is 4.52 Å². The van der Waals surface area contributed by atoms with Crippen LogP contribution in [-0.2, 0) is 10.8 Å². The van der Waals surface area contributed by atoms with Gasteiger partial charge in [0.05, 0.1) is 0 Å². The van der Waals surface area contributed by atoms with Crippen molar-refractivity contribution in [1.29, 1.82) is 0 Å². The molecule has 2 N–H and O–H groups in total. The minimum Gasteiger partial charge on any atom is -0.426 e. The largest absolute Gasteiger partial charge is 0.426 e. The van der Waals surface area contributed by atoms with E-state index in [-0.39, 0.29) is 10.8 Å². The Morgan fingerprint density at radius 3 is 1.53 bits per heavy atom. The first kappa shape index (κ1) is 22.5. The van der Waals surface area contributed by atoms with Crippen LogP contribution in [0.4, 0.5) is 0 Å². The number of rotatable bonds is 4. The van der Waals surface area contributed by atoms with E-state index < -0.39 is 8.60 Å². The van der Waals surface area contributed by atoms with Gasteiger partial charge in [-0.05, 0) is 44.7 Å². The summed E-state index contributed by atoms with van der Waals surface area (Å²) in [6.07, 6.45) is 0. The fraction of sp³-hybridized carbons (Fsp3) is 0.308. The van der Waals surface area contributed by atoms with Crippen LogP contribution in [0.15, 0.2) is 66.7 Å². The number of hydrogen-bond acceptors (Lipinski definition) is 3. The second-order valence-corrected chi connectivity index (χ2v) is 10.4. The Morgan fingerprint density at radius 1 is 0.633 bits per heavy atom. The maximum atomic E-state index is 9.51. The average molecular weight is 423 g/mol. The van der Waals surface area contributed by atoms with E-state index in [4.69, 9.17) is 4.52 Å². The maximum absolute atomic E-state index is 9.51. The minimum atomic E-state index is -2.51. The molecule has 0 aromatic heterocycles. The molecule has 0 spiro atoms. The zero-order chi connectivity index (χ0) is 22.1. The van der Waals surface area contributed by atoms with Gasteiger partial charge in [0.25, 0.3) is 0 Å². The van der Waals surface area contributed by atoms with Gasteiger partial charge in [0.2, 0.25) is 0 Å². The molecule has 30 heavy (non-hydrogen) atoms. The molecule has 0 atom stereocenters. The molecule has 0 amide bonds. The molecule has 0 saturated carbocycles. The SMILES string of the molecule is CC(C)(C)c1ccc(-c2cccc(OP(O)O)c2-c2ccc(C(C)(C)C)cc2)cc1. The van der Waals surface area contributed by atoms with Gasteiger partial charge >= 0.3 is 8.60 Å². The summed E-state index contributed by atoms with van der Waals surface area (Å²) < 4.78 is 5.41. The lowest BCUT2D eigenvalue weighted by molar-refractivity contribution is 0.375. The van der Waals surface area contributed by atoms with E-state index in [2.05, 4.69) is 90.1 Å². The molecule has 0 heterocycles. The standard InChI is InChI=1S/C26H31O3P/c1-25(2,3)20-14-10-18(11-15-20)22-8-7-9-23(29-30(27)28)24(22)19-12-16-21(17-13-19)26(4,5)6/h7-17,27-28H,1-6H3. The highest BCUT2D eigenvalue weighted by Gasteiger charge is 2.19. The molecule has 0 aliphatic carbocycles. The molecular weight excluding hydrogens is 391 g/mol. The van der Waals surface area contributed by atoms with Gasteiger partial charge in [-0.15, -0.1) is 0 Å². The Bertz CT molecular complexity index is 992. The van der Waals surface area contributed by atoms with Gasteiger partial charge < -0.3 is 14.3 Å².